The molecule has 1 saturated heterocycles. The van der Waals surface area contributed by atoms with E-state index in [1.54, 1.807) is 0 Å². The average Bonchev–Trinajstić information content (AvgIpc) is 2.85. The lowest BCUT2D eigenvalue weighted by Gasteiger charge is -2.21. The zero-order valence-electron chi connectivity index (χ0n) is 11.1. The van der Waals surface area contributed by atoms with Gasteiger partial charge in [0.2, 0.25) is 0 Å². The van der Waals surface area contributed by atoms with E-state index in [0.717, 1.165) is 44.0 Å². The lowest BCUT2D eigenvalue weighted by molar-refractivity contribution is 0.174. The van der Waals surface area contributed by atoms with Crippen LogP contribution in [0.2, 0.25) is 0 Å². The smallest absolute Gasteiger partial charge is 0.135 e. The Morgan fingerprint density at radius 2 is 2.00 bits per heavy atom. The molecule has 1 saturated carbocycles. The number of aliphatic hydroxyl groups excluding tert-OH is 1. The molecule has 0 spiro atoms. The Hall–Kier alpha value is -1.16. The van der Waals surface area contributed by atoms with E-state index in [1.165, 1.54) is 5.56 Å². The first-order valence-corrected chi connectivity index (χ1v) is 6.93. The third kappa shape index (κ3) is 1.99. The second-order valence-electron chi connectivity index (χ2n) is 5.67. The Balaban J connectivity index is 1.83. The molecule has 2 fully saturated rings. The first-order chi connectivity index (χ1) is 8.67. The molecule has 1 N–H and O–H groups in total. The third-order valence-corrected chi connectivity index (χ3v) is 4.37. The molecule has 2 aliphatic rings. The van der Waals surface area contributed by atoms with Crippen molar-refractivity contribution >= 4 is 5.82 Å². The Morgan fingerprint density at radius 1 is 1.33 bits per heavy atom. The van der Waals surface area contributed by atoms with Crippen molar-refractivity contribution in [2.45, 2.75) is 39.2 Å². The van der Waals surface area contributed by atoms with Gasteiger partial charge in [-0.3, -0.25) is 0 Å². The van der Waals surface area contributed by atoms with Crippen LogP contribution >= 0.6 is 0 Å². The number of fused-ring (bicyclic) bond motifs is 1. The van der Waals surface area contributed by atoms with Crippen LogP contribution in [0, 0.1) is 18.8 Å². The summed E-state index contributed by atoms with van der Waals surface area (Å²) >= 11 is 0. The van der Waals surface area contributed by atoms with Gasteiger partial charge >= 0.3 is 0 Å². The van der Waals surface area contributed by atoms with E-state index in [-0.39, 0.29) is 6.10 Å². The van der Waals surface area contributed by atoms with Crippen LogP contribution < -0.4 is 4.90 Å². The average molecular weight is 247 g/mol. The molecule has 1 aliphatic heterocycles. The number of hydrogen-bond donors (Lipinski definition) is 1. The molecule has 1 aliphatic carbocycles. The Bertz CT molecular complexity index is 435. The quantitative estimate of drug-likeness (QED) is 0.861. The van der Waals surface area contributed by atoms with E-state index in [9.17, 15) is 5.11 Å². The van der Waals surface area contributed by atoms with E-state index < -0.39 is 0 Å². The fourth-order valence-corrected chi connectivity index (χ4v) is 3.45. The maximum absolute atomic E-state index is 9.69. The highest BCUT2D eigenvalue weighted by molar-refractivity contribution is 5.47. The zero-order valence-corrected chi connectivity index (χ0v) is 11.1. The van der Waals surface area contributed by atoms with Crippen molar-refractivity contribution in [2.24, 2.45) is 11.8 Å². The summed E-state index contributed by atoms with van der Waals surface area (Å²) in [7, 11) is 0. The van der Waals surface area contributed by atoms with Crippen LogP contribution in [0.25, 0.3) is 0 Å². The molecule has 98 valence electrons. The van der Waals surface area contributed by atoms with Gasteiger partial charge in [0.25, 0.3) is 0 Å². The predicted octanol–water partition coefficient (Wildman–Crippen LogP) is 1.55. The first-order valence-electron chi connectivity index (χ1n) is 6.93. The van der Waals surface area contributed by atoms with Gasteiger partial charge in [-0.2, -0.15) is 0 Å². The molecule has 0 aromatic carbocycles. The van der Waals surface area contributed by atoms with Crippen molar-refractivity contribution in [3.63, 3.8) is 0 Å². The lowest BCUT2D eigenvalue weighted by atomic mass is 10.0. The number of nitrogens with zero attached hydrogens (tertiary/aromatic N) is 3. The van der Waals surface area contributed by atoms with Crippen LogP contribution in [0.3, 0.4) is 0 Å². The summed E-state index contributed by atoms with van der Waals surface area (Å²) < 4.78 is 0. The van der Waals surface area contributed by atoms with E-state index in [1.807, 2.05) is 13.1 Å². The minimum Gasteiger partial charge on any atom is -0.393 e. The summed E-state index contributed by atoms with van der Waals surface area (Å²) in [6.45, 7) is 6.19. The maximum atomic E-state index is 9.69. The minimum atomic E-state index is -0.0695. The van der Waals surface area contributed by atoms with Gasteiger partial charge in [-0.1, -0.05) is 6.92 Å². The van der Waals surface area contributed by atoms with Crippen molar-refractivity contribution in [1.29, 1.82) is 0 Å². The Labute approximate surface area is 108 Å². The van der Waals surface area contributed by atoms with Crippen molar-refractivity contribution in [1.82, 2.24) is 9.97 Å². The van der Waals surface area contributed by atoms with Gasteiger partial charge in [0.1, 0.15) is 11.6 Å². The second kappa shape index (κ2) is 4.50. The summed E-state index contributed by atoms with van der Waals surface area (Å²) in [5.41, 5.74) is 1.24. The fourth-order valence-electron chi connectivity index (χ4n) is 3.45. The van der Waals surface area contributed by atoms with Gasteiger partial charge in [-0.25, -0.2) is 9.97 Å². The summed E-state index contributed by atoms with van der Waals surface area (Å²) in [5, 5.41) is 9.69. The number of aryl methyl sites for hydroxylation is 2. The first kappa shape index (κ1) is 11.9. The molecule has 1 aromatic rings. The molecule has 1 unspecified atom stereocenters. The van der Waals surface area contributed by atoms with E-state index >= 15 is 0 Å². The number of rotatable bonds is 2. The maximum Gasteiger partial charge on any atom is 0.135 e. The normalized spacial score (nSPS) is 30.8. The molecule has 0 radical (unpaired) electrons. The Kier molecular flexibility index (Phi) is 2.98. The molecule has 0 bridgehead atoms. The molecular formula is C14H21N3O. The van der Waals surface area contributed by atoms with Gasteiger partial charge in [0.15, 0.2) is 0 Å². The molecule has 3 atom stereocenters. The Morgan fingerprint density at radius 3 is 2.61 bits per heavy atom. The molecule has 0 amide bonds. The molecule has 2 heterocycles. The molecule has 4 nitrogen and oxygen atoms in total. The highest BCUT2D eigenvalue weighted by Crippen LogP contribution is 2.39. The van der Waals surface area contributed by atoms with Crippen LogP contribution in [0.15, 0.2) is 6.20 Å². The van der Waals surface area contributed by atoms with E-state index in [2.05, 4.69) is 21.8 Å². The number of hydrogen-bond acceptors (Lipinski definition) is 4. The van der Waals surface area contributed by atoms with Crippen LogP contribution in [0.5, 0.6) is 0 Å². The van der Waals surface area contributed by atoms with Gasteiger partial charge < -0.3 is 10.0 Å². The highest BCUT2D eigenvalue weighted by Gasteiger charge is 2.41. The predicted molar refractivity (Wildman–Crippen MR) is 70.6 cm³/mol. The van der Waals surface area contributed by atoms with Gasteiger partial charge in [0, 0.05) is 24.8 Å². The van der Waals surface area contributed by atoms with E-state index in [4.69, 9.17) is 0 Å². The van der Waals surface area contributed by atoms with Crippen LogP contribution in [0.4, 0.5) is 5.82 Å². The SMILES string of the molecule is CCc1cnc(C)nc1N1C[C@H]2CC(O)C[C@H]2C1. The van der Waals surface area contributed by atoms with Gasteiger partial charge in [0.05, 0.1) is 6.10 Å². The van der Waals surface area contributed by atoms with Crippen LogP contribution in [0.1, 0.15) is 31.2 Å². The third-order valence-electron chi connectivity index (χ3n) is 4.37. The van der Waals surface area contributed by atoms with E-state index in [0.29, 0.717) is 11.8 Å². The van der Waals surface area contributed by atoms with Crippen molar-refractivity contribution in [3.8, 4) is 0 Å². The van der Waals surface area contributed by atoms with Crippen LogP contribution in [-0.2, 0) is 6.42 Å². The number of aromatic nitrogens is 2. The highest BCUT2D eigenvalue weighted by atomic mass is 16.3. The lowest BCUT2D eigenvalue weighted by Crippen LogP contribution is -2.25. The second-order valence-corrected chi connectivity index (χ2v) is 5.67. The summed E-state index contributed by atoms with van der Waals surface area (Å²) in [4.78, 5) is 11.3. The summed E-state index contributed by atoms with van der Waals surface area (Å²) in [6.07, 6.45) is 4.80. The molecule has 18 heavy (non-hydrogen) atoms. The molecule has 1 aromatic heterocycles. The number of anilines is 1. The summed E-state index contributed by atoms with van der Waals surface area (Å²) in [5.74, 6) is 3.27. The topological polar surface area (TPSA) is 49.2 Å². The fraction of sp³-hybridized carbons (Fsp3) is 0.714. The largest absolute Gasteiger partial charge is 0.393 e. The van der Waals surface area contributed by atoms with Gasteiger partial charge in [-0.15, -0.1) is 0 Å². The van der Waals surface area contributed by atoms with Crippen molar-refractivity contribution in [3.05, 3.63) is 17.6 Å². The van der Waals surface area contributed by atoms with Crippen LogP contribution in [-0.4, -0.2) is 34.3 Å². The molecular weight excluding hydrogens is 226 g/mol. The monoisotopic (exact) mass is 247 g/mol. The molecule has 4 heteroatoms. The zero-order chi connectivity index (χ0) is 12.7. The molecule has 3 rings (SSSR count). The minimum absolute atomic E-state index is 0.0695. The number of aliphatic hydroxyl groups is 1. The summed E-state index contributed by atoms with van der Waals surface area (Å²) in [6, 6.07) is 0. The van der Waals surface area contributed by atoms with Gasteiger partial charge in [-0.05, 0) is 38.0 Å². The standard InChI is InChI=1S/C14H21N3O/c1-3-10-6-15-9(2)16-14(10)17-7-11-4-13(18)5-12(11)8-17/h6,11-13,18H,3-5,7-8H2,1-2H3/t11-,12+,13?. The van der Waals surface area contributed by atoms with Crippen molar-refractivity contribution in [2.75, 3.05) is 18.0 Å². The van der Waals surface area contributed by atoms with Crippen molar-refractivity contribution < 1.29 is 5.11 Å².